The Morgan fingerprint density at radius 1 is 0.897 bits per heavy atom. The lowest BCUT2D eigenvalue weighted by molar-refractivity contribution is 0.390. The first-order valence-corrected chi connectivity index (χ1v) is 9.77. The molecule has 0 unspecified atom stereocenters. The first-order valence-electron chi connectivity index (χ1n) is 8.78. The Hall–Kier alpha value is -3.52. The molecule has 5 aromatic rings. The van der Waals surface area contributed by atoms with Crippen molar-refractivity contribution in [2.75, 3.05) is 0 Å². The van der Waals surface area contributed by atoms with Crippen LogP contribution in [0.25, 0.3) is 33.6 Å². The van der Waals surface area contributed by atoms with Crippen molar-refractivity contribution in [1.82, 2.24) is 20.3 Å². The normalized spacial score (nSPS) is 11.2. The largest absolute Gasteiger partial charge is 0.461 e. The maximum absolute atomic E-state index is 13.3. The van der Waals surface area contributed by atoms with Gasteiger partial charge < -0.3 is 8.94 Å². The molecule has 0 spiro atoms. The Morgan fingerprint density at radius 3 is 2.52 bits per heavy atom. The molecule has 0 saturated heterocycles. The number of benzene rings is 2. The van der Waals surface area contributed by atoms with E-state index >= 15 is 0 Å². The van der Waals surface area contributed by atoms with Crippen LogP contribution in [0.15, 0.2) is 80.9 Å². The average Bonchev–Trinajstić information content (AvgIpc) is 3.45. The summed E-state index contributed by atoms with van der Waals surface area (Å²) in [4.78, 5) is 4.35. The highest BCUT2D eigenvalue weighted by Crippen LogP contribution is 2.33. The van der Waals surface area contributed by atoms with Gasteiger partial charge in [0, 0.05) is 16.3 Å². The lowest BCUT2D eigenvalue weighted by Crippen LogP contribution is -1.94. The Balaban J connectivity index is 1.44. The highest BCUT2D eigenvalue weighted by atomic mass is 32.2. The number of hydrogen-bond donors (Lipinski definition) is 0. The standard InChI is InChI=1S/C21H13FN4O2S/c22-14-9-7-13(8-10-14)19-15-4-1-2-5-16(15)21(25-24-19)29-12-18-23-20(26-28-18)17-6-3-11-27-17/h1-11H,12H2. The third-order valence-electron chi connectivity index (χ3n) is 4.31. The third-order valence-corrected chi connectivity index (χ3v) is 5.28. The topological polar surface area (TPSA) is 77.8 Å². The zero-order valence-corrected chi connectivity index (χ0v) is 15.8. The molecule has 29 heavy (non-hydrogen) atoms. The fourth-order valence-corrected chi connectivity index (χ4v) is 3.77. The number of halogens is 1. The van der Waals surface area contributed by atoms with E-state index in [9.17, 15) is 4.39 Å². The predicted molar refractivity (Wildman–Crippen MR) is 106 cm³/mol. The summed E-state index contributed by atoms with van der Waals surface area (Å²) in [6.45, 7) is 0. The minimum atomic E-state index is -0.285. The van der Waals surface area contributed by atoms with Crippen LogP contribution in [0.2, 0.25) is 0 Å². The number of fused-ring (bicyclic) bond motifs is 1. The van der Waals surface area contributed by atoms with Crippen LogP contribution in [0, 0.1) is 5.82 Å². The van der Waals surface area contributed by atoms with Gasteiger partial charge in [0.15, 0.2) is 5.76 Å². The molecule has 2 aromatic carbocycles. The van der Waals surface area contributed by atoms with E-state index in [0.29, 0.717) is 28.9 Å². The van der Waals surface area contributed by atoms with E-state index in [1.54, 1.807) is 30.5 Å². The quantitative estimate of drug-likeness (QED) is 0.364. The first-order chi connectivity index (χ1) is 14.3. The Labute approximate surface area is 168 Å². The summed E-state index contributed by atoms with van der Waals surface area (Å²) in [5.74, 6) is 1.59. The summed E-state index contributed by atoms with van der Waals surface area (Å²) in [5.41, 5.74) is 1.52. The number of rotatable bonds is 5. The van der Waals surface area contributed by atoms with Crippen LogP contribution in [0.1, 0.15) is 5.89 Å². The van der Waals surface area contributed by atoms with Crippen molar-refractivity contribution >= 4 is 22.5 Å². The molecular weight excluding hydrogens is 391 g/mol. The summed E-state index contributed by atoms with van der Waals surface area (Å²) in [5, 5.41) is 15.4. The van der Waals surface area contributed by atoms with E-state index in [-0.39, 0.29) is 5.82 Å². The van der Waals surface area contributed by atoms with Gasteiger partial charge in [0.2, 0.25) is 11.7 Å². The summed E-state index contributed by atoms with van der Waals surface area (Å²) in [7, 11) is 0. The average molecular weight is 404 g/mol. The van der Waals surface area contributed by atoms with Gasteiger partial charge in [-0.15, -0.1) is 10.2 Å². The number of nitrogens with zero attached hydrogens (tertiary/aromatic N) is 4. The van der Waals surface area contributed by atoms with Crippen LogP contribution in [0.5, 0.6) is 0 Å². The van der Waals surface area contributed by atoms with Crippen molar-refractivity contribution in [2.24, 2.45) is 0 Å². The molecule has 0 saturated carbocycles. The fraction of sp³-hybridized carbons (Fsp3) is 0.0476. The second-order valence-corrected chi connectivity index (χ2v) is 7.15. The third kappa shape index (κ3) is 3.50. The second kappa shape index (κ2) is 7.48. The van der Waals surface area contributed by atoms with Gasteiger partial charge in [-0.1, -0.05) is 41.2 Å². The van der Waals surface area contributed by atoms with E-state index in [2.05, 4.69) is 20.3 Å². The van der Waals surface area contributed by atoms with Crippen LogP contribution in [0.4, 0.5) is 4.39 Å². The highest BCUT2D eigenvalue weighted by Gasteiger charge is 2.15. The molecule has 5 rings (SSSR count). The van der Waals surface area contributed by atoms with Gasteiger partial charge in [-0.2, -0.15) is 4.98 Å². The van der Waals surface area contributed by atoms with Crippen LogP contribution >= 0.6 is 11.8 Å². The Morgan fingerprint density at radius 2 is 1.72 bits per heavy atom. The first kappa shape index (κ1) is 17.6. The predicted octanol–water partition coefficient (Wildman–Crippen LogP) is 5.37. The highest BCUT2D eigenvalue weighted by molar-refractivity contribution is 7.98. The minimum Gasteiger partial charge on any atom is -0.461 e. The van der Waals surface area contributed by atoms with E-state index in [1.165, 1.54) is 23.9 Å². The van der Waals surface area contributed by atoms with Crippen molar-refractivity contribution in [3.8, 4) is 22.8 Å². The molecule has 0 fully saturated rings. The fourth-order valence-electron chi connectivity index (χ4n) is 2.96. The monoisotopic (exact) mass is 404 g/mol. The van der Waals surface area contributed by atoms with E-state index < -0.39 is 0 Å². The summed E-state index contributed by atoms with van der Waals surface area (Å²) in [6, 6.07) is 17.6. The maximum Gasteiger partial charge on any atom is 0.238 e. The Kier molecular flexibility index (Phi) is 4.53. The summed E-state index contributed by atoms with van der Waals surface area (Å²) < 4.78 is 23.8. The number of hydrogen-bond acceptors (Lipinski definition) is 7. The Bertz CT molecular complexity index is 1270. The van der Waals surface area contributed by atoms with Gasteiger partial charge >= 0.3 is 0 Å². The van der Waals surface area contributed by atoms with Crippen molar-refractivity contribution in [3.63, 3.8) is 0 Å². The maximum atomic E-state index is 13.3. The van der Waals surface area contributed by atoms with Gasteiger partial charge in [0.05, 0.1) is 12.0 Å². The van der Waals surface area contributed by atoms with Crippen molar-refractivity contribution in [2.45, 2.75) is 10.8 Å². The van der Waals surface area contributed by atoms with Gasteiger partial charge in [-0.05, 0) is 36.4 Å². The molecule has 0 aliphatic carbocycles. The van der Waals surface area contributed by atoms with Gasteiger partial charge in [0.1, 0.15) is 16.5 Å². The van der Waals surface area contributed by atoms with Crippen LogP contribution in [-0.4, -0.2) is 20.3 Å². The summed E-state index contributed by atoms with van der Waals surface area (Å²) >= 11 is 1.46. The van der Waals surface area contributed by atoms with E-state index in [1.807, 2.05) is 24.3 Å². The molecule has 3 aromatic heterocycles. The lowest BCUT2D eigenvalue weighted by Gasteiger charge is -2.08. The molecule has 0 bridgehead atoms. The zero-order chi connectivity index (χ0) is 19.6. The van der Waals surface area contributed by atoms with Crippen molar-refractivity contribution in [3.05, 3.63) is 78.6 Å². The molecule has 8 heteroatoms. The number of aromatic nitrogens is 4. The molecule has 0 radical (unpaired) electrons. The second-order valence-electron chi connectivity index (χ2n) is 6.18. The number of thioether (sulfide) groups is 1. The molecule has 3 heterocycles. The molecular formula is C21H13FN4O2S. The van der Waals surface area contributed by atoms with Crippen molar-refractivity contribution < 1.29 is 13.3 Å². The van der Waals surface area contributed by atoms with E-state index in [4.69, 9.17) is 8.94 Å². The lowest BCUT2D eigenvalue weighted by atomic mass is 10.1. The summed E-state index contributed by atoms with van der Waals surface area (Å²) in [6.07, 6.45) is 1.56. The van der Waals surface area contributed by atoms with Crippen LogP contribution in [0.3, 0.4) is 0 Å². The molecule has 142 valence electrons. The number of furan rings is 1. The SMILES string of the molecule is Fc1ccc(-c2nnc(SCc3nc(-c4ccco4)no3)c3ccccc23)cc1. The molecule has 0 atom stereocenters. The molecule has 0 amide bonds. The molecule has 0 aliphatic heterocycles. The van der Waals surface area contributed by atoms with Gasteiger partial charge in [-0.3, -0.25) is 0 Å². The molecule has 0 aliphatic rings. The van der Waals surface area contributed by atoms with E-state index in [0.717, 1.165) is 21.4 Å². The van der Waals surface area contributed by atoms with Crippen LogP contribution in [-0.2, 0) is 5.75 Å². The smallest absolute Gasteiger partial charge is 0.238 e. The molecule has 6 nitrogen and oxygen atoms in total. The zero-order valence-electron chi connectivity index (χ0n) is 14.9. The molecule has 0 N–H and O–H groups in total. The van der Waals surface area contributed by atoms with Gasteiger partial charge in [0.25, 0.3) is 0 Å². The van der Waals surface area contributed by atoms with Crippen molar-refractivity contribution in [1.29, 1.82) is 0 Å². The van der Waals surface area contributed by atoms with Crippen LogP contribution < -0.4 is 0 Å². The minimum absolute atomic E-state index is 0.285. The van der Waals surface area contributed by atoms with Gasteiger partial charge in [-0.25, -0.2) is 4.39 Å².